The van der Waals surface area contributed by atoms with Gasteiger partial charge in [0, 0.05) is 25.0 Å². The molecule has 0 fully saturated rings. The van der Waals surface area contributed by atoms with Crippen LogP contribution in [-0.4, -0.2) is 29.1 Å². The molecule has 0 bridgehead atoms. The Morgan fingerprint density at radius 1 is 1.35 bits per heavy atom. The Morgan fingerprint density at radius 2 is 2.04 bits per heavy atom. The molecule has 1 heterocycles. The van der Waals surface area contributed by atoms with E-state index in [4.69, 9.17) is 5.11 Å². The lowest BCUT2D eigenvalue weighted by molar-refractivity contribution is 0.0923. The minimum atomic E-state index is -0.265. The molecule has 0 aliphatic heterocycles. The van der Waals surface area contributed by atoms with Crippen molar-refractivity contribution in [2.45, 2.75) is 26.7 Å². The topological polar surface area (TPSA) is 62.2 Å². The Morgan fingerprint density at radius 3 is 2.70 bits per heavy atom. The molecule has 0 radical (unpaired) electrons. The number of carbonyl (C=O) groups is 1. The molecule has 0 saturated heterocycles. The Kier molecular flexibility index (Phi) is 5.85. The molecule has 2 rings (SSSR count). The third kappa shape index (κ3) is 5.41. The summed E-state index contributed by atoms with van der Waals surface area (Å²) in [7, 11) is 0. The minimum absolute atomic E-state index is 0.0986. The highest BCUT2D eigenvalue weighted by molar-refractivity contribution is 7.09. The third-order valence-corrected chi connectivity index (χ3v) is 4.42. The quantitative estimate of drug-likeness (QED) is 0.817. The highest BCUT2D eigenvalue weighted by Crippen LogP contribution is 2.19. The van der Waals surface area contributed by atoms with Gasteiger partial charge in [-0.2, -0.15) is 0 Å². The first-order valence-corrected chi connectivity index (χ1v) is 8.35. The number of hydrogen-bond acceptors (Lipinski definition) is 4. The van der Waals surface area contributed by atoms with Gasteiger partial charge in [0.1, 0.15) is 11.5 Å². The van der Waals surface area contributed by atoms with Crippen LogP contribution >= 0.6 is 11.3 Å². The molecule has 0 aliphatic rings. The summed E-state index contributed by atoms with van der Waals surface area (Å²) in [5, 5.41) is 14.4. The summed E-state index contributed by atoms with van der Waals surface area (Å²) >= 11 is 1.41. The summed E-state index contributed by atoms with van der Waals surface area (Å²) in [5.74, 6) is -0.476. The van der Waals surface area contributed by atoms with E-state index in [-0.39, 0.29) is 23.7 Å². The van der Waals surface area contributed by atoms with Crippen LogP contribution in [0.25, 0.3) is 0 Å². The van der Waals surface area contributed by atoms with Gasteiger partial charge in [-0.3, -0.25) is 4.79 Å². The summed E-state index contributed by atoms with van der Waals surface area (Å²) in [6.07, 6.45) is 1.20. The number of carbonyl (C=O) groups excluding carboxylic acids is 1. The largest absolute Gasteiger partial charge is 0.396 e. The summed E-state index contributed by atoms with van der Waals surface area (Å²) in [6.45, 7) is 4.56. The second-order valence-electron chi connectivity index (χ2n) is 6.25. The molecule has 1 aromatic carbocycles. The van der Waals surface area contributed by atoms with Crippen LogP contribution in [0.4, 0.5) is 4.39 Å². The van der Waals surface area contributed by atoms with E-state index in [1.54, 1.807) is 17.5 Å². The highest BCUT2D eigenvalue weighted by atomic mass is 32.1. The van der Waals surface area contributed by atoms with E-state index >= 15 is 0 Å². The average molecular weight is 336 g/mol. The molecular weight excluding hydrogens is 315 g/mol. The number of halogens is 1. The standard InChI is InChI=1S/C17H21FN2O2S/c1-17(2,7-8-21)11-19-16(22)14-10-23-15(20-14)9-12-3-5-13(18)6-4-12/h3-6,10,21H,7-9,11H2,1-2H3,(H,19,22). The number of aliphatic hydroxyl groups excluding tert-OH is 1. The smallest absolute Gasteiger partial charge is 0.270 e. The van der Waals surface area contributed by atoms with Gasteiger partial charge in [0.2, 0.25) is 0 Å². The molecule has 0 atom stereocenters. The van der Waals surface area contributed by atoms with Gasteiger partial charge in [0.05, 0.1) is 5.01 Å². The normalized spacial score (nSPS) is 11.5. The second-order valence-corrected chi connectivity index (χ2v) is 7.19. The van der Waals surface area contributed by atoms with E-state index < -0.39 is 0 Å². The molecule has 0 aliphatic carbocycles. The number of hydrogen-bond donors (Lipinski definition) is 2. The maximum Gasteiger partial charge on any atom is 0.270 e. The van der Waals surface area contributed by atoms with E-state index in [0.717, 1.165) is 10.6 Å². The Balaban J connectivity index is 1.93. The van der Waals surface area contributed by atoms with Crippen molar-refractivity contribution in [2.75, 3.05) is 13.2 Å². The van der Waals surface area contributed by atoms with Crippen molar-refractivity contribution in [1.82, 2.24) is 10.3 Å². The van der Waals surface area contributed by atoms with Gasteiger partial charge in [-0.05, 0) is 29.5 Å². The predicted octanol–water partition coefficient (Wildman–Crippen LogP) is 3.01. The number of benzene rings is 1. The SMILES string of the molecule is CC(C)(CCO)CNC(=O)c1csc(Cc2ccc(F)cc2)n1. The first kappa shape index (κ1) is 17.6. The lowest BCUT2D eigenvalue weighted by atomic mass is 9.90. The van der Waals surface area contributed by atoms with Crippen LogP contribution in [-0.2, 0) is 6.42 Å². The van der Waals surface area contributed by atoms with E-state index in [1.165, 1.54) is 23.5 Å². The van der Waals surface area contributed by atoms with Crippen molar-refractivity contribution in [3.8, 4) is 0 Å². The Hall–Kier alpha value is -1.79. The van der Waals surface area contributed by atoms with Crippen LogP contribution in [0, 0.1) is 11.2 Å². The molecule has 1 aromatic heterocycles. The maximum atomic E-state index is 12.9. The third-order valence-electron chi connectivity index (χ3n) is 3.57. The van der Waals surface area contributed by atoms with E-state index in [1.807, 2.05) is 13.8 Å². The molecule has 0 unspecified atom stereocenters. The molecule has 0 spiro atoms. The zero-order valence-corrected chi connectivity index (χ0v) is 14.1. The van der Waals surface area contributed by atoms with Crippen LogP contribution < -0.4 is 5.32 Å². The van der Waals surface area contributed by atoms with E-state index in [2.05, 4.69) is 10.3 Å². The molecule has 2 N–H and O–H groups in total. The number of nitrogens with one attached hydrogen (secondary N) is 1. The first-order chi connectivity index (χ1) is 10.9. The fraction of sp³-hybridized carbons (Fsp3) is 0.412. The number of aromatic nitrogens is 1. The lowest BCUT2D eigenvalue weighted by Crippen LogP contribution is -2.34. The Labute approximate surface area is 139 Å². The van der Waals surface area contributed by atoms with Crippen molar-refractivity contribution >= 4 is 17.2 Å². The zero-order chi connectivity index (χ0) is 16.9. The monoisotopic (exact) mass is 336 g/mol. The molecule has 6 heteroatoms. The summed E-state index contributed by atoms with van der Waals surface area (Å²) in [6, 6.07) is 6.27. The lowest BCUT2D eigenvalue weighted by Gasteiger charge is -2.23. The number of amides is 1. The van der Waals surface area contributed by atoms with Gasteiger partial charge in [-0.15, -0.1) is 11.3 Å². The van der Waals surface area contributed by atoms with Gasteiger partial charge < -0.3 is 10.4 Å². The van der Waals surface area contributed by atoms with Gasteiger partial charge in [-0.25, -0.2) is 9.37 Å². The van der Waals surface area contributed by atoms with Crippen LogP contribution in [0.2, 0.25) is 0 Å². The zero-order valence-electron chi connectivity index (χ0n) is 13.3. The fourth-order valence-electron chi connectivity index (χ4n) is 2.07. The van der Waals surface area contributed by atoms with Gasteiger partial charge in [0.25, 0.3) is 5.91 Å². The Bertz CT molecular complexity index is 653. The van der Waals surface area contributed by atoms with E-state index in [9.17, 15) is 9.18 Å². The molecule has 1 amide bonds. The summed E-state index contributed by atoms with van der Waals surface area (Å²) < 4.78 is 12.9. The van der Waals surface area contributed by atoms with Crippen LogP contribution in [0.15, 0.2) is 29.6 Å². The predicted molar refractivity (Wildman–Crippen MR) is 89.1 cm³/mol. The molecule has 4 nitrogen and oxygen atoms in total. The minimum Gasteiger partial charge on any atom is -0.396 e. The second kappa shape index (κ2) is 7.66. The van der Waals surface area contributed by atoms with Crippen molar-refractivity contribution < 1.29 is 14.3 Å². The van der Waals surface area contributed by atoms with E-state index in [0.29, 0.717) is 25.1 Å². The van der Waals surface area contributed by atoms with Crippen LogP contribution in [0.5, 0.6) is 0 Å². The van der Waals surface area contributed by atoms with Crippen LogP contribution in [0.1, 0.15) is 41.3 Å². The van der Waals surface area contributed by atoms with Crippen LogP contribution in [0.3, 0.4) is 0 Å². The number of aliphatic hydroxyl groups is 1. The van der Waals surface area contributed by atoms with Crippen molar-refractivity contribution in [3.63, 3.8) is 0 Å². The van der Waals surface area contributed by atoms with Gasteiger partial charge >= 0.3 is 0 Å². The highest BCUT2D eigenvalue weighted by Gasteiger charge is 2.19. The number of thiazole rings is 1. The van der Waals surface area contributed by atoms with Crippen molar-refractivity contribution in [1.29, 1.82) is 0 Å². The van der Waals surface area contributed by atoms with Gasteiger partial charge in [-0.1, -0.05) is 26.0 Å². The summed E-state index contributed by atoms with van der Waals surface area (Å²) in [5.41, 5.74) is 1.20. The van der Waals surface area contributed by atoms with Crippen molar-refractivity contribution in [3.05, 3.63) is 51.7 Å². The number of nitrogens with zero attached hydrogens (tertiary/aromatic N) is 1. The van der Waals surface area contributed by atoms with Crippen molar-refractivity contribution in [2.24, 2.45) is 5.41 Å². The average Bonchev–Trinajstić information content (AvgIpc) is 2.96. The molecular formula is C17H21FN2O2S. The molecule has 124 valence electrons. The molecule has 2 aromatic rings. The first-order valence-electron chi connectivity index (χ1n) is 7.47. The maximum absolute atomic E-state index is 12.9. The summed E-state index contributed by atoms with van der Waals surface area (Å²) in [4.78, 5) is 16.5. The molecule has 23 heavy (non-hydrogen) atoms. The fourth-order valence-corrected chi connectivity index (χ4v) is 2.88. The van der Waals surface area contributed by atoms with Gasteiger partial charge in [0.15, 0.2) is 0 Å². The molecule has 0 saturated carbocycles. The number of rotatable bonds is 7.